The molecule has 4 rings (SSSR count). The zero-order chi connectivity index (χ0) is 26.0. The molecule has 0 saturated carbocycles. The van der Waals surface area contributed by atoms with Crippen LogP contribution in [0.2, 0.25) is 5.02 Å². The van der Waals surface area contributed by atoms with Gasteiger partial charge in [-0.15, -0.1) is 0 Å². The molecular weight excluding hydrogens is 533 g/mol. The van der Waals surface area contributed by atoms with Crippen LogP contribution >= 0.6 is 22.9 Å². The van der Waals surface area contributed by atoms with E-state index in [4.69, 9.17) is 11.6 Å². The van der Waals surface area contributed by atoms with Crippen LogP contribution in [0.1, 0.15) is 11.3 Å². The normalized spacial score (nSPS) is 12.5. The molecule has 4 aromatic rings. The van der Waals surface area contributed by atoms with Gasteiger partial charge in [0.25, 0.3) is 5.56 Å². The summed E-state index contributed by atoms with van der Waals surface area (Å²) in [6.07, 6.45) is -9.41. The first kappa shape index (κ1) is 24.7. The fraction of sp³-hybridized carbons (Fsp3) is 0.158. The molecule has 0 atom stereocenters. The van der Waals surface area contributed by atoms with Crippen molar-refractivity contribution in [3.63, 3.8) is 0 Å². The van der Waals surface area contributed by atoms with Crippen LogP contribution in [-0.2, 0) is 19.4 Å². The number of fused-ring (bicyclic) bond motifs is 1. The Labute approximate surface area is 196 Å². The summed E-state index contributed by atoms with van der Waals surface area (Å²) in [7, 11) is 0.726. The number of alkyl halides is 6. The largest absolute Gasteiger partial charge is 0.431 e. The lowest BCUT2D eigenvalue weighted by molar-refractivity contribution is -0.144. The van der Waals surface area contributed by atoms with E-state index in [1.54, 1.807) is 0 Å². The van der Waals surface area contributed by atoms with Gasteiger partial charge in [0, 0.05) is 19.3 Å². The smallest absolute Gasteiger partial charge is 0.292 e. The topological polar surface area (TPSA) is 78.9 Å². The van der Waals surface area contributed by atoms with Crippen LogP contribution in [0.25, 0.3) is 21.7 Å². The minimum atomic E-state index is -5.05. The van der Waals surface area contributed by atoms with Crippen molar-refractivity contribution in [2.75, 3.05) is 0 Å². The lowest BCUT2D eigenvalue weighted by Gasteiger charge is -2.14. The minimum absolute atomic E-state index is 0.0641. The highest BCUT2D eigenvalue weighted by molar-refractivity contribution is 7.16. The summed E-state index contributed by atoms with van der Waals surface area (Å²) in [5, 5.41) is -0.588. The molecule has 16 heteroatoms. The van der Waals surface area contributed by atoms with Gasteiger partial charge in [0.05, 0.1) is 26.5 Å². The van der Waals surface area contributed by atoms with E-state index in [9.17, 15) is 45.1 Å². The second-order valence-electron chi connectivity index (χ2n) is 7.04. The summed E-state index contributed by atoms with van der Waals surface area (Å²) in [5.74, 6) is -1.68. The van der Waals surface area contributed by atoms with E-state index in [1.807, 2.05) is 0 Å². The van der Waals surface area contributed by atoms with E-state index in [2.05, 4.69) is 4.98 Å². The predicted octanol–water partition coefficient (Wildman–Crippen LogP) is 4.13. The molecule has 0 spiro atoms. The van der Waals surface area contributed by atoms with Gasteiger partial charge in [-0.3, -0.25) is 14.2 Å². The first-order chi connectivity index (χ1) is 16.1. The standard InChI is InChI=1S/C19H8ClF7N4O3S/c1-29-13(19(25,26)27)5-14(32)30(16(29)33)10-4-11-12(3-9(10)21)35-17(34)31(11)15-8(20)2-7(6-28-15)18(22,23)24/h2-6H,1H3. The highest BCUT2D eigenvalue weighted by Gasteiger charge is 2.35. The number of rotatable bonds is 2. The Balaban J connectivity index is 2.01. The Hall–Kier alpha value is -3.46. The van der Waals surface area contributed by atoms with Gasteiger partial charge in [0.1, 0.15) is 11.5 Å². The van der Waals surface area contributed by atoms with E-state index in [1.165, 1.54) is 0 Å². The molecule has 0 amide bonds. The Kier molecular flexibility index (Phi) is 5.67. The van der Waals surface area contributed by atoms with Gasteiger partial charge in [-0.05, 0) is 18.2 Å². The monoisotopic (exact) mass is 540 g/mol. The van der Waals surface area contributed by atoms with Crippen molar-refractivity contribution in [3.05, 3.63) is 83.1 Å². The fourth-order valence-corrected chi connectivity index (χ4v) is 4.40. The van der Waals surface area contributed by atoms with Crippen molar-refractivity contribution < 1.29 is 30.7 Å². The van der Waals surface area contributed by atoms with E-state index in [0.717, 1.165) is 23.7 Å². The highest BCUT2D eigenvalue weighted by atomic mass is 35.5. The van der Waals surface area contributed by atoms with Crippen LogP contribution in [0, 0.1) is 5.82 Å². The molecule has 184 valence electrons. The molecule has 0 bridgehead atoms. The van der Waals surface area contributed by atoms with Gasteiger partial charge in [-0.2, -0.15) is 26.3 Å². The first-order valence-electron chi connectivity index (χ1n) is 9.10. The lowest BCUT2D eigenvalue weighted by atomic mass is 10.2. The minimum Gasteiger partial charge on any atom is -0.292 e. The average Bonchev–Trinajstić information content (AvgIpc) is 3.03. The SMILES string of the molecule is Cn1c(C(F)(F)F)cc(=O)n(-c2cc3c(cc2F)sc(=O)n3-c2ncc(C(F)(F)F)cc2Cl)c1=O. The molecule has 3 heterocycles. The number of benzene rings is 1. The van der Waals surface area contributed by atoms with Crippen LogP contribution in [0.15, 0.2) is 44.8 Å². The Morgan fingerprint density at radius 1 is 0.943 bits per heavy atom. The maximum absolute atomic E-state index is 14.8. The molecule has 0 aliphatic carbocycles. The number of aromatic nitrogens is 4. The number of hydrogen-bond acceptors (Lipinski definition) is 5. The zero-order valence-corrected chi connectivity index (χ0v) is 18.4. The summed E-state index contributed by atoms with van der Waals surface area (Å²) >= 11 is 6.37. The Morgan fingerprint density at radius 3 is 2.17 bits per heavy atom. The van der Waals surface area contributed by atoms with Crippen LogP contribution in [0.4, 0.5) is 30.7 Å². The number of thiazole rings is 1. The number of pyridine rings is 1. The second kappa shape index (κ2) is 8.05. The third kappa shape index (κ3) is 4.14. The van der Waals surface area contributed by atoms with Gasteiger partial charge in [0.15, 0.2) is 5.82 Å². The van der Waals surface area contributed by atoms with Gasteiger partial charge in [-0.25, -0.2) is 23.3 Å². The van der Waals surface area contributed by atoms with Crippen LogP contribution in [-0.4, -0.2) is 18.7 Å². The lowest BCUT2D eigenvalue weighted by Crippen LogP contribution is -2.41. The molecule has 0 N–H and O–H groups in total. The van der Waals surface area contributed by atoms with Crippen molar-refractivity contribution >= 4 is 33.2 Å². The van der Waals surface area contributed by atoms with Crippen molar-refractivity contribution in [3.8, 4) is 11.5 Å². The molecule has 0 fully saturated rings. The van der Waals surface area contributed by atoms with E-state index >= 15 is 0 Å². The van der Waals surface area contributed by atoms with E-state index < -0.39 is 62.1 Å². The number of nitrogens with zero attached hydrogens (tertiary/aromatic N) is 4. The fourth-order valence-electron chi connectivity index (χ4n) is 3.27. The molecule has 1 aromatic carbocycles. The summed E-state index contributed by atoms with van der Waals surface area (Å²) < 4.78 is 93.8. The Bertz CT molecular complexity index is 1680. The van der Waals surface area contributed by atoms with Crippen molar-refractivity contribution in [2.24, 2.45) is 7.05 Å². The highest BCUT2D eigenvalue weighted by Crippen LogP contribution is 2.33. The van der Waals surface area contributed by atoms with Gasteiger partial charge in [0.2, 0.25) is 0 Å². The maximum Gasteiger partial charge on any atom is 0.431 e. The van der Waals surface area contributed by atoms with Gasteiger partial charge >= 0.3 is 22.9 Å². The quantitative estimate of drug-likeness (QED) is 0.358. The molecule has 3 aromatic heterocycles. The summed E-state index contributed by atoms with van der Waals surface area (Å²) in [6, 6.07) is 2.17. The summed E-state index contributed by atoms with van der Waals surface area (Å²) in [6.45, 7) is 0. The third-order valence-electron chi connectivity index (χ3n) is 4.86. The van der Waals surface area contributed by atoms with Gasteiger partial charge in [-0.1, -0.05) is 22.9 Å². The van der Waals surface area contributed by atoms with E-state index in [0.29, 0.717) is 23.6 Å². The van der Waals surface area contributed by atoms with Crippen molar-refractivity contribution in [1.82, 2.24) is 18.7 Å². The zero-order valence-electron chi connectivity index (χ0n) is 16.8. The van der Waals surface area contributed by atoms with Gasteiger partial charge < -0.3 is 0 Å². The molecular formula is C19H8ClF7N4O3S. The summed E-state index contributed by atoms with van der Waals surface area (Å²) in [4.78, 5) is 40.2. The number of hydrogen-bond donors (Lipinski definition) is 0. The predicted molar refractivity (Wildman–Crippen MR) is 111 cm³/mol. The van der Waals surface area contributed by atoms with Crippen LogP contribution in [0.5, 0.6) is 0 Å². The van der Waals surface area contributed by atoms with Crippen molar-refractivity contribution in [2.45, 2.75) is 12.4 Å². The second-order valence-corrected chi connectivity index (χ2v) is 8.44. The van der Waals surface area contributed by atoms with E-state index in [-0.39, 0.29) is 25.4 Å². The molecule has 0 unspecified atom stereocenters. The van der Waals surface area contributed by atoms with Crippen molar-refractivity contribution in [1.29, 1.82) is 0 Å². The molecule has 0 aliphatic rings. The molecule has 7 nitrogen and oxygen atoms in total. The average molecular weight is 541 g/mol. The maximum atomic E-state index is 14.8. The first-order valence-corrected chi connectivity index (χ1v) is 10.3. The molecule has 35 heavy (non-hydrogen) atoms. The molecule has 0 aliphatic heterocycles. The third-order valence-corrected chi connectivity index (χ3v) is 6.04. The Morgan fingerprint density at radius 2 is 1.60 bits per heavy atom. The molecule has 0 radical (unpaired) electrons. The van der Waals surface area contributed by atoms with Crippen LogP contribution < -0.4 is 16.1 Å². The summed E-state index contributed by atoms with van der Waals surface area (Å²) in [5.41, 5.74) is -6.82. The number of halogens is 8. The molecule has 0 saturated heterocycles. The van der Waals surface area contributed by atoms with Crippen LogP contribution in [0.3, 0.4) is 0 Å².